The van der Waals surface area contributed by atoms with Crippen LogP contribution < -0.4 is 10.6 Å². The molecule has 9 heteroatoms. The molecule has 0 aromatic carbocycles. The highest BCUT2D eigenvalue weighted by Crippen LogP contribution is 2.27. The molecule has 1 aliphatic rings. The lowest BCUT2D eigenvalue weighted by molar-refractivity contribution is 0.0130. The van der Waals surface area contributed by atoms with Crippen molar-refractivity contribution in [1.82, 2.24) is 24.0 Å². The molecule has 0 N–H and O–H groups in total. The van der Waals surface area contributed by atoms with Gasteiger partial charge in [-0.15, -0.1) is 0 Å². The maximum absolute atomic E-state index is 12.8. The lowest BCUT2D eigenvalue weighted by atomic mass is 10.1. The first kappa shape index (κ1) is 12.7. The molecule has 2 aromatic heterocycles. The summed E-state index contributed by atoms with van der Waals surface area (Å²) >= 11 is 0. The zero-order chi connectivity index (χ0) is 25.1. The van der Waals surface area contributed by atoms with Gasteiger partial charge in [0.15, 0.2) is 5.82 Å². The van der Waals surface area contributed by atoms with Gasteiger partial charge >= 0.3 is 11.8 Å². The molecule has 0 unspecified atom stereocenters. The number of aromatic nitrogens is 4. The van der Waals surface area contributed by atoms with Crippen LogP contribution in [-0.2, 0) is 18.7 Å². The van der Waals surface area contributed by atoms with E-state index in [9.17, 15) is 9.59 Å². The van der Waals surface area contributed by atoms with Gasteiger partial charge in [-0.3, -0.25) is 4.57 Å². The number of piperazine rings is 1. The molecular weight excluding hydrogens is 348 g/mol. The molecule has 2 atom stereocenters. The van der Waals surface area contributed by atoms with Gasteiger partial charge in [-0.25, -0.2) is 14.6 Å². The second kappa shape index (κ2) is 6.54. The molecule has 1 saturated heterocycles. The fourth-order valence-electron chi connectivity index (χ4n) is 3.19. The zero-order valence-electron chi connectivity index (χ0n) is 22.1. The van der Waals surface area contributed by atoms with Crippen molar-refractivity contribution in [2.24, 2.45) is 14.0 Å². The third-order valence-corrected chi connectivity index (χ3v) is 4.44. The SMILES string of the molecule is [2H]C([2H])([2H])n1cnc2c(N3C[C@@H](C)N(C(=O)OC(C)(C)C)C[C@@H]3C)nc(=O)n(C([2H])([2H])[2H])c21. The van der Waals surface area contributed by atoms with Crippen molar-refractivity contribution in [3.05, 3.63) is 16.8 Å². The molecule has 1 fully saturated rings. The molecule has 0 bridgehead atoms. The second-order valence-corrected chi connectivity index (χ2v) is 7.82. The Morgan fingerprint density at radius 2 is 2.00 bits per heavy atom. The predicted molar refractivity (Wildman–Crippen MR) is 103 cm³/mol. The molecule has 0 radical (unpaired) electrons. The topological polar surface area (TPSA) is 85.5 Å². The van der Waals surface area contributed by atoms with Crippen LogP contribution in [0.1, 0.15) is 42.8 Å². The zero-order valence-corrected chi connectivity index (χ0v) is 16.1. The van der Waals surface area contributed by atoms with Crippen LogP contribution in [0.5, 0.6) is 0 Å². The summed E-state index contributed by atoms with van der Waals surface area (Å²) in [6.07, 6.45) is 0.513. The predicted octanol–water partition coefficient (Wildman–Crippen LogP) is 1.50. The molecule has 1 aliphatic heterocycles. The van der Waals surface area contributed by atoms with Crippen LogP contribution in [0.25, 0.3) is 11.2 Å². The fourth-order valence-corrected chi connectivity index (χ4v) is 3.19. The van der Waals surface area contributed by atoms with Gasteiger partial charge in [0.1, 0.15) is 16.8 Å². The van der Waals surface area contributed by atoms with E-state index in [1.807, 2.05) is 13.8 Å². The number of amides is 1. The lowest BCUT2D eigenvalue weighted by Crippen LogP contribution is -2.59. The van der Waals surface area contributed by atoms with E-state index in [0.717, 1.165) is 6.33 Å². The number of aryl methyl sites for hydroxylation is 2. The van der Waals surface area contributed by atoms with E-state index >= 15 is 0 Å². The molecular formula is C18H28N6O3. The first-order valence-corrected chi connectivity index (χ1v) is 8.69. The van der Waals surface area contributed by atoms with E-state index in [0.29, 0.717) is 9.13 Å². The Morgan fingerprint density at radius 3 is 2.63 bits per heavy atom. The van der Waals surface area contributed by atoms with Crippen molar-refractivity contribution in [2.75, 3.05) is 18.0 Å². The Bertz CT molecular complexity index is 1120. The number of carbonyl (C=O) groups excluding carboxylic acids is 1. The first-order valence-electron chi connectivity index (χ1n) is 11.7. The van der Waals surface area contributed by atoms with Crippen LogP contribution in [0.15, 0.2) is 11.1 Å². The lowest BCUT2D eigenvalue weighted by Gasteiger charge is -2.44. The second-order valence-electron chi connectivity index (χ2n) is 7.82. The monoisotopic (exact) mass is 382 g/mol. The number of nitrogens with zero attached hydrogens (tertiary/aromatic N) is 6. The minimum atomic E-state index is -2.96. The number of ether oxygens (including phenoxy) is 1. The number of anilines is 1. The number of imidazole rings is 1. The van der Waals surface area contributed by atoms with Crippen molar-refractivity contribution in [3.63, 3.8) is 0 Å². The third-order valence-electron chi connectivity index (χ3n) is 4.44. The smallest absolute Gasteiger partial charge is 0.410 e. The third kappa shape index (κ3) is 3.50. The van der Waals surface area contributed by atoms with E-state index in [2.05, 4.69) is 9.97 Å². The molecule has 0 saturated carbocycles. The van der Waals surface area contributed by atoms with E-state index < -0.39 is 31.3 Å². The van der Waals surface area contributed by atoms with Crippen molar-refractivity contribution < 1.29 is 17.8 Å². The van der Waals surface area contributed by atoms with Gasteiger partial charge in [-0.05, 0) is 34.6 Å². The van der Waals surface area contributed by atoms with Crippen molar-refractivity contribution in [2.45, 2.75) is 52.3 Å². The molecule has 148 valence electrons. The van der Waals surface area contributed by atoms with Gasteiger partial charge in [0, 0.05) is 47.3 Å². The Labute approximate surface area is 167 Å². The Kier molecular flexibility index (Phi) is 3.09. The molecule has 1 amide bonds. The molecule has 9 nitrogen and oxygen atoms in total. The molecule has 2 aromatic rings. The summed E-state index contributed by atoms with van der Waals surface area (Å²) in [5.41, 5.74) is -2.16. The summed E-state index contributed by atoms with van der Waals surface area (Å²) in [6, 6.07) is -0.673. The first-order chi connectivity index (χ1) is 14.9. The highest BCUT2D eigenvalue weighted by Gasteiger charge is 2.36. The molecule has 3 rings (SSSR count). The van der Waals surface area contributed by atoms with Gasteiger partial charge < -0.3 is 19.1 Å². The largest absolute Gasteiger partial charge is 0.444 e. The number of fused-ring (bicyclic) bond motifs is 1. The molecule has 0 spiro atoms. The minimum Gasteiger partial charge on any atom is -0.444 e. The highest BCUT2D eigenvalue weighted by atomic mass is 16.6. The van der Waals surface area contributed by atoms with Gasteiger partial charge in [-0.2, -0.15) is 4.98 Å². The molecule has 0 aliphatic carbocycles. The fraction of sp³-hybridized carbons (Fsp3) is 0.667. The Hall–Kier alpha value is -2.58. The van der Waals surface area contributed by atoms with Crippen molar-refractivity contribution in [3.8, 4) is 0 Å². The van der Waals surface area contributed by atoms with E-state index in [1.54, 1.807) is 30.6 Å². The standard InChI is InChI=1S/C18H28N6O3/c1-11-9-24(17(26)27-18(3,4)5)12(2)8-23(11)14-13-15(21(6)10-19-13)22(7)16(25)20-14/h10-12H,8-9H2,1-7H3/t11-,12+/m0/s1/i6D3,7D3. The molecule has 27 heavy (non-hydrogen) atoms. The summed E-state index contributed by atoms with van der Waals surface area (Å²) in [4.78, 5) is 36.8. The van der Waals surface area contributed by atoms with Crippen molar-refractivity contribution in [1.29, 1.82) is 0 Å². The summed E-state index contributed by atoms with van der Waals surface area (Å²) in [5, 5.41) is 0. The average molecular weight is 382 g/mol. The Balaban J connectivity index is 2.10. The summed E-state index contributed by atoms with van der Waals surface area (Å²) in [6.45, 7) is 3.73. The summed E-state index contributed by atoms with van der Waals surface area (Å²) in [7, 11) is 0. The number of rotatable bonds is 1. The van der Waals surface area contributed by atoms with Crippen LogP contribution in [0.2, 0.25) is 0 Å². The summed E-state index contributed by atoms with van der Waals surface area (Å²) < 4.78 is 52.9. The average Bonchev–Trinajstić information content (AvgIpc) is 3.04. The van der Waals surface area contributed by atoms with Gasteiger partial charge in [0.25, 0.3) is 0 Å². The van der Waals surface area contributed by atoms with E-state index in [4.69, 9.17) is 13.0 Å². The van der Waals surface area contributed by atoms with E-state index in [1.165, 1.54) is 0 Å². The quantitative estimate of drug-likeness (QED) is 0.743. The summed E-state index contributed by atoms with van der Waals surface area (Å²) in [5.74, 6) is 0.0710. The van der Waals surface area contributed by atoms with Gasteiger partial charge in [0.2, 0.25) is 0 Å². The van der Waals surface area contributed by atoms with Crippen LogP contribution in [0.4, 0.5) is 10.6 Å². The van der Waals surface area contributed by atoms with E-state index in [-0.39, 0.29) is 42.2 Å². The van der Waals surface area contributed by atoms with Crippen molar-refractivity contribution >= 4 is 23.1 Å². The highest BCUT2D eigenvalue weighted by molar-refractivity contribution is 5.84. The minimum absolute atomic E-state index is 0.0216. The number of hydrogen-bond donors (Lipinski definition) is 0. The number of carbonyl (C=O) groups is 1. The van der Waals surface area contributed by atoms with Crippen LogP contribution >= 0.6 is 0 Å². The molecule has 3 heterocycles. The normalized spacial score (nSPS) is 25.2. The van der Waals surface area contributed by atoms with Crippen LogP contribution in [0.3, 0.4) is 0 Å². The Morgan fingerprint density at radius 1 is 1.26 bits per heavy atom. The van der Waals surface area contributed by atoms with Gasteiger partial charge in [-0.1, -0.05) is 0 Å². The maximum atomic E-state index is 12.8. The van der Waals surface area contributed by atoms with Crippen LogP contribution in [0, 0.1) is 0 Å². The number of hydrogen-bond acceptors (Lipinski definition) is 6. The van der Waals surface area contributed by atoms with Crippen LogP contribution in [-0.4, -0.2) is 60.9 Å². The van der Waals surface area contributed by atoms with Gasteiger partial charge in [0.05, 0.1) is 6.33 Å². The maximum Gasteiger partial charge on any atom is 0.410 e.